The number of aliphatic hydroxyl groups is 1. The normalized spacial score (nSPS) is 25.5. The van der Waals surface area contributed by atoms with Gasteiger partial charge in [-0.15, -0.1) is 0 Å². The number of aryl methyl sites for hydroxylation is 1. The van der Waals surface area contributed by atoms with Crippen molar-refractivity contribution < 1.29 is 22.6 Å². The molecule has 4 heterocycles. The fraction of sp³-hybridized carbons (Fsp3) is 0.429. The third-order valence-electron chi connectivity index (χ3n) is 8.41. The summed E-state index contributed by atoms with van der Waals surface area (Å²) in [4.78, 5) is 10.9. The molecule has 1 unspecified atom stereocenters. The van der Waals surface area contributed by atoms with E-state index in [0.29, 0.717) is 49.4 Å². The van der Waals surface area contributed by atoms with E-state index in [2.05, 4.69) is 14.9 Å². The molecule has 6 rings (SSSR count). The maximum Gasteiger partial charge on any atom is 0.253 e. The lowest BCUT2D eigenvalue weighted by atomic mass is 9.87. The van der Waals surface area contributed by atoms with Crippen molar-refractivity contribution in [3.05, 3.63) is 77.7 Å². The molecule has 1 N–H and O–H groups in total. The predicted molar refractivity (Wildman–Crippen MR) is 144 cm³/mol. The van der Waals surface area contributed by atoms with Crippen molar-refractivity contribution >= 4 is 21.2 Å². The highest BCUT2D eigenvalue weighted by Gasteiger charge is 2.59. The Morgan fingerprint density at radius 1 is 1.10 bits per heavy atom. The van der Waals surface area contributed by atoms with Crippen LogP contribution in [0.15, 0.2) is 65.8 Å². The molecule has 2 aromatic heterocycles. The Kier molecular flexibility index (Phi) is 5.89. The Labute approximate surface area is 226 Å². The number of hydrogen-bond donors (Lipinski definition) is 1. The first kappa shape index (κ1) is 26.2. The van der Waals surface area contributed by atoms with E-state index in [0.717, 1.165) is 14.2 Å². The Bertz CT molecular complexity index is 1480. The Morgan fingerprint density at radius 3 is 2.49 bits per heavy atom. The Balaban J connectivity index is 1.30. The van der Waals surface area contributed by atoms with Gasteiger partial charge >= 0.3 is 0 Å². The predicted octanol–water partition coefficient (Wildman–Crippen LogP) is 4.02. The van der Waals surface area contributed by atoms with E-state index in [4.69, 9.17) is 0 Å². The van der Waals surface area contributed by atoms with Gasteiger partial charge in [0.1, 0.15) is 5.60 Å². The van der Waals surface area contributed by atoms with Gasteiger partial charge in [0.2, 0.25) is 0 Å². The first-order valence-electron chi connectivity index (χ1n) is 13.1. The van der Waals surface area contributed by atoms with E-state index in [1.807, 2.05) is 24.3 Å². The molecule has 3 aliphatic rings. The second kappa shape index (κ2) is 8.76. The molecule has 1 saturated heterocycles. The Morgan fingerprint density at radius 2 is 1.82 bits per heavy atom. The summed E-state index contributed by atoms with van der Waals surface area (Å²) >= 11 is 0. The van der Waals surface area contributed by atoms with E-state index in [9.17, 15) is 22.6 Å². The largest absolute Gasteiger partial charge is 0.732 e. The van der Waals surface area contributed by atoms with E-state index in [1.54, 1.807) is 37.4 Å². The highest BCUT2D eigenvalue weighted by molar-refractivity contribution is 8.17. The number of likely N-dealkylation sites (tertiary alicyclic amines) is 1. The molecule has 11 heteroatoms. The van der Waals surface area contributed by atoms with Crippen LogP contribution in [-0.4, -0.2) is 61.3 Å². The third kappa shape index (κ3) is 4.14. The summed E-state index contributed by atoms with van der Waals surface area (Å²) in [5.74, 6) is -3.68. The lowest BCUT2D eigenvalue weighted by Crippen LogP contribution is -2.58. The van der Waals surface area contributed by atoms with Crippen molar-refractivity contribution in [1.82, 2.24) is 14.9 Å². The molecule has 2 fully saturated rings. The topological polar surface area (TPSA) is 95.9 Å². The molecule has 8 nitrogen and oxygen atoms in total. The third-order valence-corrected chi connectivity index (χ3v) is 11.9. The quantitative estimate of drug-likeness (QED) is 0.493. The monoisotopic (exact) mass is 556 g/mol. The maximum atomic E-state index is 14.9. The number of benzene rings is 1. The number of halogens is 2. The standard InChI is InChI=1S/C28H33F2N5O3S/c1-20-8-9-21(18-34-14-10-27(36,11-15-34)25-7-3-4-12-31-25)16-24(20)39(37,38)33(2)26-23(6-5-13-32-26)35(39)19-22-17-28(22,29)30/h3-9,12-13,16,22,36H,10-11,14-15,17-19H2,1-2H3,(H,37,38)/p-1. The van der Waals surface area contributed by atoms with Crippen molar-refractivity contribution in [2.75, 3.05) is 35.3 Å². The van der Waals surface area contributed by atoms with Crippen LogP contribution in [0.4, 0.5) is 20.3 Å². The van der Waals surface area contributed by atoms with Crippen LogP contribution in [0.2, 0.25) is 0 Å². The van der Waals surface area contributed by atoms with Crippen LogP contribution in [0.5, 0.6) is 0 Å². The van der Waals surface area contributed by atoms with Crippen LogP contribution in [0.25, 0.3) is 0 Å². The fourth-order valence-corrected chi connectivity index (χ4v) is 8.99. The number of aromatic nitrogens is 2. The first-order valence-corrected chi connectivity index (χ1v) is 14.9. The van der Waals surface area contributed by atoms with Crippen LogP contribution in [0.3, 0.4) is 0 Å². The van der Waals surface area contributed by atoms with Crippen molar-refractivity contribution in [3.8, 4) is 0 Å². The number of sulfonamides is 2. The molecule has 208 valence electrons. The highest BCUT2D eigenvalue weighted by atomic mass is 32.3. The number of nitrogens with zero attached hydrogens (tertiary/aromatic N) is 5. The van der Waals surface area contributed by atoms with Gasteiger partial charge in [0.15, 0.2) is 5.82 Å². The molecule has 1 aliphatic carbocycles. The molecule has 39 heavy (non-hydrogen) atoms. The molecular weight excluding hydrogens is 524 g/mol. The molecule has 3 aromatic rings. The molecule has 1 aromatic carbocycles. The molecular formula is C28H32F2N5O3S-. The minimum Gasteiger partial charge on any atom is -0.732 e. The van der Waals surface area contributed by atoms with Crippen molar-refractivity contribution in [1.29, 1.82) is 0 Å². The number of pyridine rings is 2. The van der Waals surface area contributed by atoms with Gasteiger partial charge in [0.05, 0.1) is 16.3 Å². The minimum atomic E-state index is -5.27. The first-order chi connectivity index (χ1) is 18.4. The van der Waals surface area contributed by atoms with E-state index in [1.165, 1.54) is 13.2 Å². The summed E-state index contributed by atoms with van der Waals surface area (Å²) in [6.45, 7) is 3.13. The van der Waals surface area contributed by atoms with Crippen LogP contribution in [0, 0.1) is 12.8 Å². The molecule has 0 spiro atoms. The van der Waals surface area contributed by atoms with E-state index in [-0.39, 0.29) is 23.7 Å². The van der Waals surface area contributed by atoms with Gasteiger partial charge in [-0.05, 0) is 61.2 Å². The Hall–Kier alpha value is -2.99. The molecule has 1 saturated carbocycles. The summed E-state index contributed by atoms with van der Waals surface area (Å²) in [6, 6.07) is 14.1. The molecule has 0 radical (unpaired) electrons. The summed E-state index contributed by atoms with van der Waals surface area (Å²) in [6.07, 6.45) is 3.87. The van der Waals surface area contributed by atoms with Crippen LogP contribution < -0.4 is 8.61 Å². The van der Waals surface area contributed by atoms with Gasteiger partial charge in [-0.3, -0.25) is 18.5 Å². The summed E-state index contributed by atoms with van der Waals surface area (Å²) in [5, 5.41) is 11.1. The summed E-state index contributed by atoms with van der Waals surface area (Å²) in [5.41, 5.74) is 1.30. The number of piperidine rings is 1. The SMILES string of the molecule is Cc1ccc(CN2CCC(O)(c3ccccn3)CC2)cc1S1(=O)([O-])N(C)c2ncccc2N1CC1CC1(F)F. The second-order valence-corrected chi connectivity index (χ2v) is 14.0. The molecule has 1 atom stereocenters. The van der Waals surface area contributed by atoms with E-state index >= 15 is 0 Å². The fourth-order valence-electron chi connectivity index (χ4n) is 5.82. The zero-order valence-corrected chi connectivity index (χ0v) is 22.8. The zero-order valence-electron chi connectivity index (χ0n) is 22.0. The van der Waals surface area contributed by atoms with Gasteiger partial charge in [-0.25, -0.2) is 18.0 Å². The number of alkyl halides is 2. The summed E-state index contributed by atoms with van der Waals surface area (Å²) in [7, 11) is -3.83. The number of anilines is 2. The second-order valence-electron chi connectivity index (χ2n) is 11.0. The zero-order chi connectivity index (χ0) is 27.7. The molecule has 0 bridgehead atoms. The van der Waals surface area contributed by atoms with Crippen LogP contribution >= 0.6 is 0 Å². The van der Waals surface area contributed by atoms with Crippen molar-refractivity contribution in [2.45, 2.75) is 49.2 Å². The smallest absolute Gasteiger partial charge is 0.253 e. The maximum absolute atomic E-state index is 14.9. The van der Waals surface area contributed by atoms with Crippen molar-refractivity contribution in [3.63, 3.8) is 0 Å². The van der Waals surface area contributed by atoms with Crippen molar-refractivity contribution in [2.24, 2.45) is 5.92 Å². The van der Waals surface area contributed by atoms with Gasteiger partial charge in [-0.2, -0.15) is 9.72 Å². The highest BCUT2D eigenvalue weighted by Crippen LogP contribution is 2.57. The molecule has 2 aliphatic heterocycles. The van der Waals surface area contributed by atoms with Gasteiger partial charge in [0, 0.05) is 58.0 Å². The number of rotatable bonds is 6. The van der Waals surface area contributed by atoms with Gasteiger partial charge < -0.3 is 9.66 Å². The number of hydrogen-bond acceptors (Lipinski definition) is 6. The lowest BCUT2D eigenvalue weighted by molar-refractivity contribution is -0.0311. The van der Waals surface area contributed by atoms with E-state index < -0.39 is 27.2 Å². The minimum absolute atomic E-state index is 0.0796. The number of fused-ring (bicyclic) bond motifs is 1. The average molecular weight is 557 g/mol. The lowest BCUT2D eigenvalue weighted by Gasteiger charge is -2.62. The van der Waals surface area contributed by atoms with Crippen LogP contribution in [-0.2, 0) is 21.9 Å². The van der Waals surface area contributed by atoms with Gasteiger partial charge in [0.25, 0.3) is 5.92 Å². The summed E-state index contributed by atoms with van der Waals surface area (Å²) < 4.78 is 60.2. The van der Waals surface area contributed by atoms with Crippen LogP contribution in [0.1, 0.15) is 36.1 Å². The average Bonchev–Trinajstić information content (AvgIpc) is 3.50. The van der Waals surface area contributed by atoms with Gasteiger partial charge in [-0.1, -0.05) is 18.2 Å². The molecule has 0 amide bonds.